The molecular formula is C13H20N2O. The van der Waals surface area contributed by atoms with E-state index in [0.717, 1.165) is 24.1 Å². The number of nitrogens with zero attached hydrogens (tertiary/aromatic N) is 2. The van der Waals surface area contributed by atoms with Gasteiger partial charge in [0.25, 0.3) is 0 Å². The van der Waals surface area contributed by atoms with Gasteiger partial charge in [-0.15, -0.1) is 0 Å². The van der Waals surface area contributed by atoms with Crippen LogP contribution in [0.15, 0.2) is 12.4 Å². The minimum Gasteiger partial charge on any atom is -0.392 e. The van der Waals surface area contributed by atoms with E-state index in [4.69, 9.17) is 0 Å². The van der Waals surface area contributed by atoms with Gasteiger partial charge in [0.2, 0.25) is 0 Å². The number of aliphatic hydroxyl groups is 1. The smallest absolute Gasteiger partial charge is 0.110 e. The van der Waals surface area contributed by atoms with Crippen molar-refractivity contribution in [3.63, 3.8) is 0 Å². The van der Waals surface area contributed by atoms with Crippen molar-refractivity contribution in [3.05, 3.63) is 18.2 Å². The normalized spacial score (nSPS) is 34.5. The van der Waals surface area contributed by atoms with E-state index in [-0.39, 0.29) is 6.10 Å². The summed E-state index contributed by atoms with van der Waals surface area (Å²) in [5.41, 5.74) is 0. The average molecular weight is 220 g/mol. The van der Waals surface area contributed by atoms with E-state index in [9.17, 15) is 5.11 Å². The largest absolute Gasteiger partial charge is 0.392 e. The van der Waals surface area contributed by atoms with Crippen LogP contribution < -0.4 is 0 Å². The van der Waals surface area contributed by atoms with Crippen molar-refractivity contribution in [2.45, 2.75) is 38.2 Å². The van der Waals surface area contributed by atoms with Gasteiger partial charge in [-0.25, -0.2) is 4.98 Å². The van der Waals surface area contributed by atoms with Crippen LogP contribution in [0.3, 0.4) is 0 Å². The molecule has 0 aliphatic heterocycles. The molecule has 0 aromatic carbocycles. The number of fused-ring (bicyclic) bond motifs is 2. The molecule has 2 bridgehead atoms. The Balaban J connectivity index is 1.66. The highest BCUT2D eigenvalue weighted by atomic mass is 16.3. The molecular weight excluding hydrogens is 200 g/mol. The first-order valence-corrected chi connectivity index (χ1v) is 6.38. The minimum absolute atomic E-state index is 0.184. The molecule has 2 aliphatic carbocycles. The van der Waals surface area contributed by atoms with Crippen molar-refractivity contribution >= 4 is 0 Å². The van der Waals surface area contributed by atoms with Gasteiger partial charge in [0.1, 0.15) is 5.82 Å². The Labute approximate surface area is 96.5 Å². The van der Waals surface area contributed by atoms with Crippen LogP contribution in [-0.4, -0.2) is 20.8 Å². The van der Waals surface area contributed by atoms with E-state index in [2.05, 4.69) is 4.98 Å². The third kappa shape index (κ3) is 1.67. The lowest BCUT2D eigenvalue weighted by Gasteiger charge is -2.26. The van der Waals surface area contributed by atoms with Crippen LogP contribution in [-0.2, 0) is 13.5 Å². The van der Waals surface area contributed by atoms with E-state index in [0.29, 0.717) is 5.92 Å². The average Bonchev–Trinajstić information content (AvgIpc) is 2.95. The molecule has 0 radical (unpaired) electrons. The van der Waals surface area contributed by atoms with Crippen molar-refractivity contribution in [1.82, 2.24) is 9.55 Å². The Morgan fingerprint density at radius 1 is 1.50 bits per heavy atom. The molecule has 2 saturated carbocycles. The van der Waals surface area contributed by atoms with Crippen LogP contribution in [0.4, 0.5) is 0 Å². The van der Waals surface area contributed by atoms with Crippen LogP contribution in [0.2, 0.25) is 0 Å². The zero-order chi connectivity index (χ0) is 11.1. The molecule has 16 heavy (non-hydrogen) atoms. The molecule has 0 amide bonds. The van der Waals surface area contributed by atoms with Gasteiger partial charge < -0.3 is 9.67 Å². The third-order valence-corrected chi connectivity index (χ3v) is 4.60. The Kier molecular flexibility index (Phi) is 2.51. The van der Waals surface area contributed by atoms with Gasteiger partial charge in [0.15, 0.2) is 0 Å². The van der Waals surface area contributed by atoms with Crippen LogP contribution in [0.25, 0.3) is 0 Å². The molecule has 0 spiro atoms. The molecule has 1 aromatic rings. The summed E-state index contributed by atoms with van der Waals surface area (Å²) >= 11 is 0. The summed E-state index contributed by atoms with van der Waals surface area (Å²) < 4.78 is 2.01. The molecule has 3 heteroatoms. The molecule has 0 saturated heterocycles. The fraction of sp³-hybridized carbons (Fsp3) is 0.769. The first-order valence-electron chi connectivity index (χ1n) is 6.38. The van der Waals surface area contributed by atoms with Gasteiger partial charge in [0.05, 0.1) is 6.10 Å². The number of hydrogen-bond acceptors (Lipinski definition) is 2. The summed E-state index contributed by atoms with van der Waals surface area (Å²) in [4.78, 5) is 4.29. The van der Waals surface area contributed by atoms with Gasteiger partial charge >= 0.3 is 0 Å². The maximum absolute atomic E-state index is 10.3. The number of aromatic nitrogens is 2. The molecule has 1 aromatic heterocycles. The maximum atomic E-state index is 10.3. The van der Waals surface area contributed by atoms with Crippen LogP contribution in [0, 0.1) is 17.8 Å². The zero-order valence-corrected chi connectivity index (χ0v) is 9.84. The minimum atomic E-state index is -0.184. The molecule has 1 heterocycles. The predicted molar refractivity (Wildman–Crippen MR) is 61.9 cm³/mol. The summed E-state index contributed by atoms with van der Waals surface area (Å²) in [5, 5.41) is 10.3. The SMILES string of the molecule is Cn1ccnc1CC(O)C1CC2CCC1C2. The van der Waals surface area contributed by atoms with Crippen LogP contribution in [0.1, 0.15) is 31.5 Å². The quantitative estimate of drug-likeness (QED) is 0.843. The third-order valence-electron chi connectivity index (χ3n) is 4.60. The number of imidazole rings is 1. The first-order chi connectivity index (χ1) is 7.74. The van der Waals surface area contributed by atoms with E-state index < -0.39 is 0 Å². The molecule has 4 unspecified atom stereocenters. The fourth-order valence-corrected chi connectivity index (χ4v) is 3.70. The Morgan fingerprint density at radius 2 is 2.38 bits per heavy atom. The lowest BCUT2D eigenvalue weighted by Crippen LogP contribution is -2.28. The monoisotopic (exact) mass is 220 g/mol. The fourth-order valence-electron chi connectivity index (χ4n) is 3.70. The van der Waals surface area contributed by atoms with E-state index >= 15 is 0 Å². The summed E-state index contributed by atoms with van der Waals surface area (Å²) in [7, 11) is 2.00. The van der Waals surface area contributed by atoms with E-state index in [1.807, 2.05) is 24.0 Å². The van der Waals surface area contributed by atoms with Gasteiger partial charge in [0, 0.05) is 25.9 Å². The second kappa shape index (κ2) is 3.88. The molecule has 88 valence electrons. The molecule has 4 atom stereocenters. The Morgan fingerprint density at radius 3 is 2.94 bits per heavy atom. The highest BCUT2D eigenvalue weighted by molar-refractivity contribution is 4.98. The number of aryl methyl sites for hydroxylation is 1. The highest BCUT2D eigenvalue weighted by Crippen LogP contribution is 2.49. The van der Waals surface area contributed by atoms with E-state index in [1.54, 1.807) is 0 Å². The van der Waals surface area contributed by atoms with Crippen molar-refractivity contribution in [2.24, 2.45) is 24.8 Å². The summed E-state index contributed by atoms with van der Waals surface area (Å²) in [6, 6.07) is 0. The van der Waals surface area contributed by atoms with Crippen molar-refractivity contribution in [3.8, 4) is 0 Å². The van der Waals surface area contributed by atoms with Crippen molar-refractivity contribution < 1.29 is 5.11 Å². The molecule has 1 N–H and O–H groups in total. The molecule has 2 aliphatic rings. The summed E-state index contributed by atoms with van der Waals surface area (Å²) in [6.07, 6.45) is 9.64. The topological polar surface area (TPSA) is 38.0 Å². The second-order valence-electron chi connectivity index (χ2n) is 5.56. The van der Waals surface area contributed by atoms with Gasteiger partial charge in [-0.2, -0.15) is 0 Å². The van der Waals surface area contributed by atoms with Gasteiger partial charge in [-0.1, -0.05) is 6.42 Å². The lowest BCUT2D eigenvalue weighted by atomic mass is 9.83. The second-order valence-corrected chi connectivity index (χ2v) is 5.56. The van der Waals surface area contributed by atoms with Crippen LogP contribution >= 0.6 is 0 Å². The number of aliphatic hydroxyl groups excluding tert-OH is 1. The number of hydrogen-bond donors (Lipinski definition) is 1. The maximum Gasteiger partial charge on any atom is 0.110 e. The van der Waals surface area contributed by atoms with Gasteiger partial charge in [-0.05, 0) is 37.0 Å². The standard InChI is InChI=1S/C13H20N2O/c1-15-5-4-14-13(15)8-12(16)11-7-9-2-3-10(11)6-9/h4-5,9-12,16H,2-3,6-8H2,1H3. The van der Waals surface area contributed by atoms with Crippen molar-refractivity contribution in [1.29, 1.82) is 0 Å². The molecule has 3 nitrogen and oxygen atoms in total. The predicted octanol–water partition coefficient (Wildman–Crippen LogP) is 1.76. The Bertz CT molecular complexity index is 374. The number of rotatable bonds is 3. The molecule has 2 fully saturated rings. The molecule has 3 rings (SSSR count). The van der Waals surface area contributed by atoms with Crippen LogP contribution in [0.5, 0.6) is 0 Å². The van der Waals surface area contributed by atoms with E-state index in [1.165, 1.54) is 25.7 Å². The lowest BCUT2D eigenvalue weighted by molar-refractivity contribution is 0.0729. The Hall–Kier alpha value is -0.830. The zero-order valence-electron chi connectivity index (χ0n) is 9.84. The summed E-state index contributed by atoms with van der Waals surface area (Å²) in [6.45, 7) is 0. The highest BCUT2D eigenvalue weighted by Gasteiger charge is 2.42. The van der Waals surface area contributed by atoms with Crippen molar-refractivity contribution in [2.75, 3.05) is 0 Å². The first kappa shape index (κ1) is 10.3. The van der Waals surface area contributed by atoms with Gasteiger partial charge in [-0.3, -0.25) is 0 Å². The summed E-state index contributed by atoms with van der Waals surface area (Å²) in [5.74, 6) is 3.25.